The smallest absolute Gasteiger partial charge is 0.262 e. The topological polar surface area (TPSA) is 55.2 Å². The van der Waals surface area contributed by atoms with Crippen molar-refractivity contribution in [2.45, 2.75) is 71.2 Å². The van der Waals surface area contributed by atoms with Gasteiger partial charge in [-0.15, -0.1) is 0 Å². The molecule has 0 atom stereocenters. The van der Waals surface area contributed by atoms with Gasteiger partial charge in [0.15, 0.2) is 5.16 Å². The van der Waals surface area contributed by atoms with Crippen LogP contribution in [0.15, 0.2) is 34.2 Å². The largest absolute Gasteiger partial charge is 0.337 e. The number of fused-ring (bicyclic) bond motifs is 1. The maximum absolute atomic E-state index is 12.9. The summed E-state index contributed by atoms with van der Waals surface area (Å²) in [7, 11) is 0. The Kier molecular flexibility index (Phi) is 7.26. The Labute approximate surface area is 159 Å². The number of aromatic nitrogens is 2. The molecule has 0 saturated carbocycles. The predicted molar refractivity (Wildman–Crippen MR) is 109 cm³/mol. The lowest BCUT2D eigenvalue weighted by Crippen LogP contribution is -2.43. The molecule has 1 heterocycles. The van der Waals surface area contributed by atoms with Crippen LogP contribution in [0.3, 0.4) is 0 Å². The van der Waals surface area contributed by atoms with Crippen molar-refractivity contribution >= 4 is 28.6 Å². The summed E-state index contributed by atoms with van der Waals surface area (Å²) in [6.45, 7) is 10.8. The second kappa shape index (κ2) is 9.21. The van der Waals surface area contributed by atoms with Crippen LogP contribution in [0.2, 0.25) is 0 Å². The quantitative estimate of drug-likeness (QED) is 0.518. The van der Waals surface area contributed by atoms with Gasteiger partial charge in [-0.1, -0.05) is 37.2 Å². The number of unbranched alkanes of at least 4 members (excludes halogenated alkanes) is 1. The van der Waals surface area contributed by atoms with Crippen molar-refractivity contribution in [2.24, 2.45) is 0 Å². The fourth-order valence-electron chi connectivity index (χ4n) is 3.14. The van der Waals surface area contributed by atoms with Gasteiger partial charge in [0.2, 0.25) is 5.91 Å². The van der Waals surface area contributed by atoms with E-state index in [-0.39, 0.29) is 29.3 Å². The molecule has 0 unspecified atom stereocenters. The van der Waals surface area contributed by atoms with Crippen LogP contribution in [-0.4, -0.2) is 38.2 Å². The van der Waals surface area contributed by atoms with Gasteiger partial charge in [0.1, 0.15) is 0 Å². The first kappa shape index (κ1) is 20.5. The highest BCUT2D eigenvalue weighted by Gasteiger charge is 2.21. The van der Waals surface area contributed by atoms with Crippen LogP contribution in [0.1, 0.15) is 47.5 Å². The third-order valence-corrected chi connectivity index (χ3v) is 5.25. The maximum Gasteiger partial charge on any atom is 0.262 e. The number of para-hydroxylation sites is 1. The minimum absolute atomic E-state index is 0.0245. The van der Waals surface area contributed by atoms with E-state index in [4.69, 9.17) is 0 Å². The number of hydrogen-bond donors (Lipinski definition) is 0. The van der Waals surface area contributed by atoms with Crippen molar-refractivity contribution in [1.29, 1.82) is 0 Å². The summed E-state index contributed by atoms with van der Waals surface area (Å²) in [5.74, 6) is 0.359. The molecule has 0 fully saturated rings. The third kappa shape index (κ3) is 4.67. The van der Waals surface area contributed by atoms with E-state index in [0.717, 1.165) is 12.8 Å². The van der Waals surface area contributed by atoms with Crippen molar-refractivity contribution in [3.8, 4) is 0 Å². The Morgan fingerprint density at radius 3 is 2.46 bits per heavy atom. The molecule has 1 amide bonds. The average Bonchev–Trinajstić information content (AvgIpc) is 2.58. The van der Waals surface area contributed by atoms with Crippen LogP contribution in [0.25, 0.3) is 10.9 Å². The summed E-state index contributed by atoms with van der Waals surface area (Å²) in [4.78, 5) is 32.1. The molecule has 0 bridgehead atoms. The van der Waals surface area contributed by atoms with E-state index in [9.17, 15) is 9.59 Å². The van der Waals surface area contributed by atoms with E-state index in [0.29, 0.717) is 22.6 Å². The van der Waals surface area contributed by atoms with E-state index < -0.39 is 0 Å². The lowest BCUT2D eigenvalue weighted by atomic mass is 10.2. The van der Waals surface area contributed by atoms with Crippen LogP contribution >= 0.6 is 11.8 Å². The second-order valence-electron chi connectivity index (χ2n) is 7.00. The Balaban J connectivity index is 2.32. The average molecular weight is 376 g/mol. The molecular formula is C20H29N3O2S. The lowest BCUT2D eigenvalue weighted by molar-refractivity contribution is -0.131. The lowest BCUT2D eigenvalue weighted by Gasteiger charge is -2.30. The van der Waals surface area contributed by atoms with Gasteiger partial charge in [0.25, 0.3) is 5.56 Å². The van der Waals surface area contributed by atoms with Gasteiger partial charge >= 0.3 is 0 Å². The molecule has 6 heteroatoms. The molecule has 0 aliphatic rings. The molecule has 26 heavy (non-hydrogen) atoms. The van der Waals surface area contributed by atoms with Crippen molar-refractivity contribution < 1.29 is 4.79 Å². The number of carbonyl (C=O) groups excluding carboxylic acids is 1. The fraction of sp³-hybridized carbons (Fsp3) is 0.550. The molecule has 0 aliphatic heterocycles. The standard InChI is InChI=1S/C20H29N3O2S/c1-6-7-12-22-19(25)16-10-8-9-11-17(16)21-20(22)26-13-18(24)23(14(2)3)15(4)5/h8-11,14-15H,6-7,12-13H2,1-5H3. The molecule has 0 radical (unpaired) electrons. The molecule has 0 aliphatic carbocycles. The molecule has 5 nitrogen and oxygen atoms in total. The van der Waals surface area contributed by atoms with E-state index in [1.165, 1.54) is 11.8 Å². The number of carbonyl (C=O) groups is 1. The highest BCUT2D eigenvalue weighted by molar-refractivity contribution is 7.99. The Morgan fingerprint density at radius 2 is 1.85 bits per heavy atom. The van der Waals surface area contributed by atoms with Crippen LogP contribution in [0.5, 0.6) is 0 Å². The summed E-state index contributed by atoms with van der Waals surface area (Å²) in [5, 5.41) is 1.26. The predicted octanol–water partition coefficient (Wildman–Crippen LogP) is 3.93. The summed E-state index contributed by atoms with van der Waals surface area (Å²) in [6, 6.07) is 7.69. The third-order valence-electron chi connectivity index (χ3n) is 4.29. The number of nitrogens with zero attached hydrogens (tertiary/aromatic N) is 3. The number of rotatable bonds is 8. The van der Waals surface area contributed by atoms with E-state index >= 15 is 0 Å². The van der Waals surface area contributed by atoms with Crippen LogP contribution < -0.4 is 5.56 Å². The van der Waals surface area contributed by atoms with Crippen LogP contribution in [0, 0.1) is 0 Å². The van der Waals surface area contributed by atoms with Gasteiger partial charge < -0.3 is 4.90 Å². The van der Waals surface area contributed by atoms with Crippen molar-refractivity contribution in [3.63, 3.8) is 0 Å². The number of hydrogen-bond acceptors (Lipinski definition) is 4. The maximum atomic E-state index is 12.9. The molecule has 2 rings (SSSR count). The molecule has 142 valence electrons. The highest BCUT2D eigenvalue weighted by Crippen LogP contribution is 2.20. The van der Waals surface area contributed by atoms with E-state index in [1.807, 2.05) is 56.9 Å². The summed E-state index contributed by atoms with van der Waals surface area (Å²) < 4.78 is 1.72. The van der Waals surface area contributed by atoms with Gasteiger partial charge in [-0.3, -0.25) is 14.2 Å². The zero-order chi connectivity index (χ0) is 19.3. The summed E-state index contributed by atoms with van der Waals surface area (Å²) in [5.41, 5.74) is 0.661. The molecule has 0 N–H and O–H groups in total. The first-order valence-corrected chi connectivity index (χ1v) is 10.3. The summed E-state index contributed by atoms with van der Waals surface area (Å²) in [6.07, 6.45) is 1.91. The van der Waals surface area contributed by atoms with Gasteiger partial charge in [0, 0.05) is 18.6 Å². The van der Waals surface area contributed by atoms with E-state index in [2.05, 4.69) is 11.9 Å². The zero-order valence-electron chi connectivity index (χ0n) is 16.4. The Hall–Kier alpha value is -1.82. The number of thioether (sulfide) groups is 1. The second-order valence-corrected chi connectivity index (χ2v) is 7.94. The fourth-order valence-corrected chi connectivity index (χ4v) is 4.04. The molecule has 1 aromatic heterocycles. The Morgan fingerprint density at radius 1 is 1.19 bits per heavy atom. The molecular weight excluding hydrogens is 346 g/mol. The Bertz CT molecular complexity index is 806. The zero-order valence-corrected chi connectivity index (χ0v) is 17.2. The van der Waals surface area contributed by atoms with Gasteiger partial charge in [0.05, 0.1) is 16.7 Å². The molecule has 0 spiro atoms. The van der Waals surface area contributed by atoms with Crippen molar-refractivity contribution in [2.75, 3.05) is 5.75 Å². The molecule has 0 saturated heterocycles. The first-order valence-electron chi connectivity index (χ1n) is 9.30. The van der Waals surface area contributed by atoms with Crippen molar-refractivity contribution in [3.05, 3.63) is 34.6 Å². The number of amides is 1. The first-order chi connectivity index (χ1) is 12.4. The van der Waals surface area contributed by atoms with Gasteiger partial charge in [-0.25, -0.2) is 4.98 Å². The SMILES string of the molecule is CCCCn1c(SCC(=O)N(C(C)C)C(C)C)nc2ccccc2c1=O. The highest BCUT2D eigenvalue weighted by atomic mass is 32.2. The minimum Gasteiger partial charge on any atom is -0.337 e. The monoisotopic (exact) mass is 375 g/mol. The molecule has 1 aromatic carbocycles. The van der Waals surface area contributed by atoms with Crippen molar-refractivity contribution in [1.82, 2.24) is 14.5 Å². The minimum atomic E-state index is -0.0245. The molecule has 2 aromatic rings. The number of benzene rings is 1. The summed E-state index contributed by atoms with van der Waals surface area (Å²) >= 11 is 1.36. The normalized spacial score (nSPS) is 11.5. The van der Waals surface area contributed by atoms with Crippen LogP contribution in [0.4, 0.5) is 0 Å². The van der Waals surface area contributed by atoms with Crippen LogP contribution in [-0.2, 0) is 11.3 Å². The van der Waals surface area contributed by atoms with E-state index in [1.54, 1.807) is 4.57 Å². The van der Waals surface area contributed by atoms with Gasteiger partial charge in [-0.05, 0) is 46.2 Å². The van der Waals surface area contributed by atoms with Gasteiger partial charge in [-0.2, -0.15) is 0 Å².